The van der Waals surface area contributed by atoms with E-state index in [-0.39, 0.29) is 22.6 Å². The van der Waals surface area contributed by atoms with Crippen LogP contribution in [0.3, 0.4) is 0 Å². The number of nitrogens with zero attached hydrogens (tertiary/aromatic N) is 1. The topological polar surface area (TPSA) is 62.0 Å². The van der Waals surface area contributed by atoms with Crippen LogP contribution in [0.4, 0.5) is 0 Å². The van der Waals surface area contributed by atoms with Crippen molar-refractivity contribution in [3.05, 3.63) is 28.8 Å². The number of phenols is 1. The minimum Gasteiger partial charge on any atom is -0.507 e. The van der Waals surface area contributed by atoms with Crippen molar-refractivity contribution >= 4 is 5.90 Å². The second kappa shape index (κ2) is 6.88. The quantitative estimate of drug-likeness (QED) is 0.818. The first kappa shape index (κ1) is 20.8. The first-order chi connectivity index (χ1) is 11.8. The normalized spacial score (nSPS) is 18.7. The maximum atomic E-state index is 11.0. The zero-order chi connectivity index (χ0) is 19.9. The maximum Gasteiger partial charge on any atom is 0.220 e. The smallest absolute Gasteiger partial charge is 0.220 e. The lowest BCUT2D eigenvalue weighted by atomic mass is 9.79. The zero-order valence-electron chi connectivity index (χ0n) is 17.6. The van der Waals surface area contributed by atoms with Crippen LogP contribution in [0.15, 0.2) is 17.1 Å². The summed E-state index contributed by atoms with van der Waals surface area (Å²) in [6, 6.07) is 3.76. The third-order valence-corrected chi connectivity index (χ3v) is 5.51. The van der Waals surface area contributed by atoms with E-state index in [9.17, 15) is 10.2 Å². The first-order valence-corrected chi connectivity index (χ1v) is 9.64. The monoisotopic (exact) mass is 361 g/mol. The highest BCUT2D eigenvalue weighted by atomic mass is 16.5. The summed E-state index contributed by atoms with van der Waals surface area (Å²) in [5.74, 6) is 0.658. The molecular weight excluding hydrogens is 326 g/mol. The predicted molar refractivity (Wildman–Crippen MR) is 107 cm³/mol. The van der Waals surface area contributed by atoms with Gasteiger partial charge in [0.15, 0.2) is 0 Å². The van der Waals surface area contributed by atoms with Gasteiger partial charge in [-0.05, 0) is 35.3 Å². The fourth-order valence-corrected chi connectivity index (χ4v) is 3.32. The SMILES string of the molecule is CCC(O)(CC)[C@@H]1COC(c2cc(C(C)(C)C)cc(C(C)(C)C)c2O)=N1. The molecule has 2 rings (SSSR count). The molecule has 0 saturated heterocycles. The van der Waals surface area contributed by atoms with Gasteiger partial charge in [0, 0.05) is 5.56 Å². The highest BCUT2D eigenvalue weighted by Gasteiger charge is 2.39. The lowest BCUT2D eigenvalue weighted by molar-refractivity contribution is 0.000548. The average Bonchev–Trinajstić information content (AvgIpc) is 3.02. The highest BCUT2D eigenvalue weighted by molar-refractivity contribution is 5.98. The predicted octanol–water partition coefficient (Wildman–Crippen LogP) is 4.68. The minimum atomic E-state index is -0.869. The number of ether oxygens (including phenoxy) is 1. The summed E-state index contributed by atoms with van der Waals surface area (Å²) in [4.78, 5) is 4.66. The number of rotatable bonds is 4. The van der Waals surface area contributed by atoms with Crippen molar-refractivity contribution in [2.24, 2.45) is 4.99 Å². The van der Waals surface area contributed by atoms with E-state index in [2.05, 4.69) is 52.6 Å². The van der Waals surface area contributed by atoms with Crippen molar-refractivity contribution in [2.75, 3.05) is 6.61 Å². The average molecular weight is 362 g/mol. The summed E-state index contributed by atoms with van der Waals surface area (Å²) in [6.07, 6.45) is 1.24. The van der Waals surface area contributed by atoms with Crippen LogP contribution in [-0.4, -0.2) is 34.4 Å². The molecule has 0 aliphatic carbocycles. The molecule has 0 amide bonds. The minimum absolute atomic E-state index is 0.0609. The molecule has 0 bridgehead atoms. The number of hydrogen-bond acceptors (Lipinski definition) is 4. The standard InChI is InChI=1S/C22H35NO3/c1-9-22(25,10-2)17-13-26-19(23-17)15-11-14(20(3,4)5)12-16(18(15)24)21(6,7)8/h11-12,17,24-25H,9-10,13H2,1-8H3/t17-/m0/s1. The van der Waals surface area contributed by atoms with Gasteiger partial charge < -0.3 is 14.9 Å². The molecule has 0 fully saturated rings. The van der Waals surface area contributed by atoms with Gasteiger partial charge in [0.25, 0.3) is 0 Å². The molecular formula is C22H35NO3. The van der Waals surface area contributed by atoms with Gasteiger partial charge in [0.05, 0.1) is 11.2 Å². The van der Waals surface area contributed by atoms with E-state index in [1.165, 1.54) is 0 Å². The second-order valence-corrected chi connectivity index (χ2v) is 9.49. The molecule has 26 heavy (non-hydrogen) atoms. The van der Waals surface area contributed by atoms with Crippen LogP contribution >= 0.6 is 0 Å². The van der Waals surface area contributed by atoms with Crippen LogP contribution in [0.2, 0.25) is 0 Å². The lowest BCUT2D eigenvalue weighted by Gasteiger charge is -2.28. The molecule has 1 atom stereocenters. The Labute approximate surface area is 158 Å². The van der Waals surface area contributed by atoms with Crippen molar-refractivity contribution in [1.82, 2.24) is 0 Å². The zero-order valence-corrected chi connectivity index (χ0v) is 17.6. The fraction of sp³-hybridized carbons (Fsp3) is 0.682. The lowest BCUT2D eigenvalue weighted by Crippen LogP contribution is -2.40. The van der Waals surface area contributed by atoms with Gasteiger partial charge in [-0.15, -0.1) is 0 Å². The van der Waals surface area contributed by atoms with Crippen molar-refractivity contribution in [3.8, 4) is 5.75 Å². The second-order valence-electron chi connectivity index (χ2n) is 9.49. The number of hydrogen-bond donors (Lipinski definition) is 2. The van der Waals surface area contributed by atoms with Crippen molar-refractivity contribution in [1.29, 1.82) is 0 Å². The number of phenolic OH excluding ortho intramolecular Hbond substituents is 1. The Balaban J connectivity index is 2.59. The van der Waals surface area contributed by atoms with Gasteiger partial charge in [0.2, 0.25) is 5.90 Å². The van der Waals surface area contributed by atoms with E-state index in [4.69, 9.17) is 4.74 Å². The van der Waals surface area contributed by atoms with E-state index in [1.54, 1.807) is 0 Å². The van der Waals surface area contributed by atoms with Gasteiger partial charge >= 0.3 is 0 Å². The van der Waals surface area contributed by atoms with Crippen LogP contribution in [0.5, 0.6) is 5.75 Å². The Morgan fingerprint density at radius 3 is 2.08 bits per heavy atom. The van der Waals surface area contributed by atoms with E-state index in [1.807, 2.05) is 19.9 Å². The highest BCUT2D eigenvalue weighted by Crippen LogP contribution is 2.39. The van der Waals surface area contributed by atoms with Crippen LogP contribution < -0.4 is 0 Å². The summed E-state index contributed by atoms with van der Waals surface area (Å²) >= 11 is 0. The van der Waals surface area contributed by atoms with Gasteiger partial charge in [-0.2, -0.15) is 0 Å². The number of aliphatic imine (C=N–C) groups is 1. The third kappa shape index (κ3) is 3.90. The molecule has 1 aliphatic rings. The molecule has 1 aromatic rings. The van der Waals surface area contributed by atoms with Gasteiger partial charge in [0.1, 0.15) is 18.4 Å². The molecule has 0 aromatic heterocycles. The Bertz CT molecular complexity index is 689. The number of benzene rings is 1. The van der Waals surface area contributed by atoms with E-state index >= 15 is 0 Å². The molecule has 1 heterocycles. The molecule has 4 heteroatoms. The Morgan fingerprint density at radius 1 is 1.04 bits per heavy atom. The summed E-state index contributed by atoms with van der Waals surface area (Å²) in [7, 11) is 0. The van der Waals surface area contributed by atoms with Crippen LogP contribution in [0, 0.1) is 0 Å². The maximum absolute atomic E-state index is 11.0. The fourth-order valence-electron chi connectivity index (χ4n) is 3.32. The molecule has 0 spiro atoms. The molecule has 1 aliphatic heterocycles. The largest absolute Gasteiger partial charge is 0.507 e. The number of aromatic hydroxyl groups is 1. The molecule has 0 radical (unpaired) electrons. The Morgan fingerprint density at radius 2 is 1.62 bits per heavy atom. The summed E-state index contributed by atoms with van der Waals surface area (Å²) in [5, 5.41) is 21.7. The molecule has 146 valence electrons. The summed E-state index contributed by atoms with van der Waals surface area (Å²) < 4.78 is 5.85. The molecule has 1 aromatic carbocycles. The number of aliphatic hydroxyl groups is 1. The molecule has 2 N–H and O–H groups in total. The van der Waals surface area contributed by atoms with Gasteiger partial charge in [-0.1, -0.05) is 61.5 Å². The Hall–Kier alpha value is -1.55. The van der Waals surface area contributed by atoms with E-state index in [0.717, 1.165) is 11.1 Å². The first-order valence-electron chi connectivity index (χ1n) is 9.64. The van der Waals surface area contributed by atoms with E-state index in [0.29, 0.717) is 30.9 Å². The van der Waals surface area contributed by atoms with Crippen molar-refractivity contribution in [3.63, 3.8) is 0 Å². The molecule has 4 nitrogen and oxygen atoms in total. The van der Waals surface area contributed by atoms with Gasteiger partial charge in [-0.25, -0.2) is 4.99 Å². The van der Waals surface area contributed by atoms with Crippen molar-refractivity contribution < 1.29 is 14.9 Å². The molecule has 0 unspecified atom stereocenters. The molecule has 0 saturated carbocycles. The summed E-state index contributed by atoms with van der Waals surface area (Å²) in [6.45, 7) is 17.0. The summed E-state index contributed by atoms with van der Waals surface area (Å²) in [5.41, 5.74) is 1.51. The third-order valence-electron chi connectivity index (χ3n) is 5.51. The van der Waals surface area contributed by atoms with Crippen LogP contribution in [0.1, 0.15) is 84.9 Å². The Kier molecular flexibility index (Phi) is 5.49. The van der Waals surface area contributed by atoms with Gasteiger partial charge in [-0.3, -0.25) is 0 Å². The van der Waals surface area contributed by atoms with Crippen LogP contribution in [0.25, 0.3) is 0 Å². The van der Waals surface area contributed by atoms with Crippen LogP contribution in [-0.2, 0) is 15.6 Å². The van der Waals surface area contributed by atoms with E-state index < -0.39 is 5.60 Å². The van der Waals surface area contributed by atoms with Crippen molar-refractivity contribution in [2.45, 2.75) is 90.7 Å².